The molecule has 70 heavy (non-hydrogen) atoms. The van der Waals surface area contributed by atoms with Gasteiger partial charge in [-0.1, -0.05) is 0 Å². The van der Waals surface area contributed by atoms with Crippen LogP contribution in [0.4, 0.5) is 34.1 Å². The van der Waals surface area contributed by atoms with Gasteiger partial charge >= 0.3 is 422 Å². The Labute approximate surface area is 419 Å². The van der Waals surface area contributed by atoms with Gasteiger partial charge in [0.25, 0.3) is 0 Å². The third-order valence-corrected chi connectivity index (χ3v) is 19.2. The van der Waals surface area contributed by atoms with Crippen molar-refractivity contribution in [1.29, 1.82) is 0 Å². The van der Waals surface area contributed by atoms with Gasteiger partial charge in [0, 0.05) is 0 Å². The zero-order chi connectivity index (χ0) is 45.9. The molecular weight excluding hydrogens is 984 g/mol. The van der Waals surface area contributed by atoms with Crippen LogP contribution in [0, 0.1) is 0 Å². The molecule has 0 bridgehead atoms. The average Bonchev–Trinajstić information content (AvgIpc) is 3.41. The molecule has 11 aromatic carbocycles. The van der Waals surface area contributed by atoms with Crippen LogP contribution in [0.3, 0.4) is 0 Å². The second-order valence-corrected chi connectivity index (χ2v) is 22.9. The minimum atomic E-state index is 0.0225. The Bertz CT molecular complexity index is 3700. The molecule has 0 aliphatic carbocycles. The Hall–Kier alpha value is -7.69. The number of hydrogen-bond donors (Lipinski definition) is 0. The maximum absolute atomic E-state index is 7.05. The summed E-state index contributed by atoms with van der Waals surface area (Å²) in [7, 11) is 0. The number of para-hydroxylation sites is 2. The van der Waals surface area contributed by atoms with Crippen LogP contribution in [0.2, 0.25) is 0 Å². The van der Waals surface area contributed by atoms with Crippen LogP contribution in [0.5, 0.6) is 23.0 Å². The summed E-state index contributed by atoms with van der Waals surface area (Å²) in [6.07, 6.45) is 0. The summed E-state index contributed by atoms with van der Waals surface area (Å²) in [5, 5.41) is 4.52. The molecule has 0 atom stereocenters. The molecule has 0 amide bonds. The molecular formula is C62H38B2N2O2Se2. The quantitative estimate of drug-likeness (QED) is 0.157. The monoisotopic (exact) mass is 1020 g/mol. The van der Waals surface area contributed by atoms with Crippen LogP contribution in [0.1, 0.15) is 0 Å². The first-order chi connectivity index (χ1) is 34.7. The van der Waals surface area contributed by atoms with E-state index in [0.29, 0.717) is 0 Å². The van der Waals surface area contributed by atoms with Crippen molar-refractivity contribution < 1.29 is 9.47 Å². The number of benzene rings is 11. The van der Waals surface area contributed by atoms with Gasteiger partial charge in [-0.25, -0.2) is 0 Å². The van der Waals surface area contributed by atoms with Gasteiger partial charge in [0.1, 0.15) is 0 Å². The van der Waals surface area contributed by atoms with Crippen LogP contribution >= 0.6 is 0 Å². The van der Waals surface area contributed by atoms with E-state index in [1.807, 2.05) is 0 Å². The second-order valence-electron chi connectivity index (χ2n) is 18.3. The van der Waals surface area contributed by atoms with E-state index in [4.69, 9.17) is 9.47 Å². The van der Waals surface area contributed by atoms with Gasteiger partial charge in [-0.2, -0.15) is 0 Å². The maximum atomic E-state index is 7.05. The summed E-state index contributed by atoms with van der Waals surface area (Å²) in [4.78, 5) is 5.04. The third kappa shape index (κ3) is 6.24. The number of hydrogen-bond acceptors (Lipinski definition) is 4. The van der Waals surface area contributed by atoms with E-state index >= 15 is 0 Å². The normalized spacial score (nSPS) is 13.5. The number of ether oxygens (including phenoxy) is 2. The van der Waals surface area contributed by atoms with Crippen LogP contribution in [-0.4, -0.2) is 43.3 Å². The Morgan fingerprint density at radius 3 is 1.21 bits per heavy atom. The molecule has 0 unspecified atom stereocenters. The standard InChI is InChI=1S/C62H38B2N2O2Se2/c1-3-21-41(22-4-1)65-51-38-52-50(37-49(51)63-47-27-11-13-31-57(47)69-59-35-43(33-53(65)61(59)63)67-55-29-15-19-39-17-7-9-25-45(39)55)64-48-28-12-14-32-58(48)70-60-36-44(68-56-30-16-20-40-18-8-10-26-46(40)56)34-54(62(60)64)66(52)42-23-5-2-6-24-42/h1-38H. The van der Waals surface area contributed by atoms with Crippen molar-refractivity contribution in [1.82, 2.24) is 0 Å². The Morgan fingerprint density at radius 1 is 0.314 bits per heavy atom. The van der Waals surface area contributed by atoms with E-state index in [1.54, 1.807) is 0 Å². The van der Waals surface area contributed by atoms with Crippen LogP contribution in [-0.2, 0) is 0 Å². The fourth-order valence-corrected chi connectivity index (χ4v) is 16.5. The number of rotatable bonds is 6. The summed E-state index contributed by atoms with van der Waals surface area (Å²) < 4.78 is 19.6. The van der Waals surface area contributed by atoms with Gasteiger partial charge in [0.2, 0.25) is 0 Å². The van der Waals surface area contributed by atoms with Crippen LogP contribution in [0.15, 0.2) is 231 Å². The summed E-state index contributed by atoms with van der Waals surface area (Å²) in [5.74, 6) is 3.41. The van der Waals surface area contributed by atoms with Crippen molar-refractivity contribution in [3.8, 4) is 23.0 Å². The van der Waals surface area contributed by atoms with Crippen LogP contribution in [0.25, 0.3) is 21.5 Å². The van der Waals surface area contributed by atoms with E-state index in [2.05, 4.69) is 240 Å². The third-order valence-electron chi connectivity index (χ3n) is 14.4. The first-order valence-corrected chi connectivity index (χ1v) is 27.2. The van der Waals surface area contributed by atoms with Crippen molar-refractivity contribution >= 4 is 150 Å². The summed E-state index contributed by atoms with van der Waals surface area (Å²) in [5.41, 5.74) is 15.1. The van der Waals surface area contributed by atoms with Gasteiger partial charge in [-0.15, -0.1) is 0 Å². The van der Waals surface area contributed by atoms with Crippen molar-refractivity contribution in [3.05, 3.63) is 231 Å². The minimum absolute atomic E-state index is 0.0225. The van der Waals surface area contributed by atoms with E-state index in [9.17, 15) is 0 Å². The molecule has 15 rings (SSSR count). The summed E-state index contributed by atoms with van der Waals surface area (Å²) in [6.45, 7) is 0.0449. The molecule has 8 heteroatoms. The van der Waals surface area contributed by atoms with Gasteiger partial charge in [-0.05, 0) is 0 Å². The molecule has 0 aromatic heterocycles. The molecule has 0 saturated heterocycles. The first-order valence-electron chi connectivity index (χ1n) is 23.8. The number of anilines is 6. The number of fused-ring (bicyclic) bond motifs is 10. The van der Waals surface area contributed by atoms with Crippen molar-refractivity contribution in [2.24, 2.45) is 0 Å². The van der Waals surface area contributed by atoms with E-state index in [-0.39, 0.29) is 43.3 Å². The zero-order valence-corrected chi connectivity index (χ0v) is 41.0. The Kier molecular flexibility index (Phi) is 9.15. The van der Waals surface area contributed by atoms with Gasteiger partial charge in [0.15, 0.2) is 0 Å². The van der Waals surface area contributed by atoms with Gasteiger partial charge in [-0.3, -0.25) is 0 Å². The van der Waals surface area contributed by atoms with Crippen LogP contribution < -0.4 is 69.9 Å². The molecule has 4 heterocycles. The fourth-order valence-electron chi connectivity index (χ4n) is 11.5. The SMILES string of the molecule is c1ccc(N2c3cc4c(cc3B3c5ccccc5[Se]c5cc(Oc6cccc7ccccc67)cc2c53)B2c3ccccc3[Se]c3cc(Oc5cccc6ccccc56)cc(c32)N4c2ccccc2)cc1. The van der Waals surface area contributed by atoms with Crippen molar-refractivity contribution in [2.45, 2.75) is 0 Å². The predicted octanol–water partition coefficient (Wildman–Crippen LogP) is 8.11. The van der Waals surface area contributed by atoms with E-state index in [0.717, 1.165) is 67.3 Å². The first kappa shape index (κ1) is 40.2. The Balaban J connectivity index is 0.995. The van der Waals surface area contributed by atoms with Crippen molar-refractivity contribution in [3.63, 3.8) is 0 Å². The molecule has 4 nitrogen and oxygen atoms in total. The molecule has 4 aliphatic heterocycles. The topological polar surface area (TPSA) is 24.9 Å². The van der Waals surface area contributed by atoms with Gasteiger partial charge < -0.3 is 0 Å². The molecule has 0 saturated carbocycles. The van der Waals surface area contributed by atoms with Crippen molar-refractivity contribution in [2.75, 3.05) is 9.80 Å². The predicted molar refractivity (Wildman–Crippen MR) is 296 cm³/mol. The second kappa shape index (κ2) is 15.9. The number of nitrogens with zero attached hydrogens (tertiary/aromatic N) is 2. The molecule has 0 spiro atoms. The molecule has 0 N–H and O–H groups in total. The Morgan fingerprint density at radius 2 is 0.729 bits per heavy atom. The summed E-state index contributed by atoms with van der Waals surface area (Å²) >= 11 is 0.106. The average molecular weight is 1020 g/mol. The summed E-state index contributed by atoms with van der Waals surface area (Å²) in [6, 6.07) is 84.3. The zero-order valence-electron chi connectivity index (χ0n) is 37.6. The molecule has 11 aromatic rings. The fraction of sp³-hybridized carbons (Fsp3) is 0. The van der Waals surface area contributed by atoms with E-state index < -0.39 is 0 Å². The van der Waals surface area contributed by atoms with Gasteiger partial charge in [0.05, 0.1) is 0 Å². The molecule has 0 fully saturated rings. The van der Waals surface area contributed by atoms with E-state index in [1.165, 1.54) is 62.0 Å². The molecule has 326 valence electrons. The molecule has 4 aliphatic rings. The molecule has 0 radical (unpaired) electrons.